The van der Waals surface area contributed by atoms with E-state index in [-0.39, 0.29) is 17.4 Å². The van der Waals surface area contributed by atoms with Gasteiger partial charge < -0.3 is 14.8 Å². The van der Waals surface area contributed by atoms with E-state index in [1.165, 1.54) is 12.3 Å². The van der Waals surface area contributed by atoms with Crippen molar-refractivity contribution < 1.29 is 23.0 Å². The molecule has 126 valence electrons. The molecule has 1 N–H and O–H groups in total. The molecule has 0 saturated carbocycles. The number of benzene rings is 1. The Balaban J connectivity index is 1.58. The molecule has 1 atom stereocenters. The van der Waals surface area contributed by atoms with E-state index in [4.69, 9.17) is 9.47 Å². The number of aromatic nitrogens is 1. The Hall–Kier alpha value is -2.54. The van der Waals surface area contributed by atoms with Crippen LogP contribution in [0.4, 0.5) is 14.5 Å². The maximum atomic E-state index is 13.1. The van der Waals surface area contributed by atoms with Crippen molar-refractivity contribution in [2.24, 2.45) is 0 Å². The van der Waals surface area contributed by atoms with Gasteiger partial charge in [-0.15, -0.1) is 0 Å². The molecule has 0 radical (unpaired) electrons. The lowest BCUT2D eigenvalue weighted by atomic mass is 10.2. The van der Waals surface area contributed by atoms with Crippen molar-refractivity contribution in [1.82, 2.24) is 4.98 Å². The molecule has 24 heavy (non-hydrogen) atoms. The predicted octanol–water partition coefficient (Wildman–Crippen LogP) is 3.17. The van der Waals surface area contributed by atoms with Crippen molar-refractivity contribution in [1.29, 1.82) is 0 Å². The second kappa shape index (κ2) is 7.35. The number of anilines is 1. The second-order valence-electron chi connectivity index (χ2n) is 5.44. The van der Waals surface area contributed by atoms with Gasteiger partial charge in [-0.3, -0.25) is 4.79 Å². The Bertz CT molecular complexity index is 696. The SMILES string of the molecule is O=C(Nc1cc(F)cc(F)c1)c1ccc(OC[C@@H]2CCCO2)nc1. The number of hydrogen-bond donors (Lipinski definition) is 1. The summed E-state index contributed by atoms with van der Waals surface area (Å²) >= 11 is 0. The molecule has 0 bridgehead atoms. The van der Waals surface area contributed by atoms with E-state index in [2.05, 4.69) is 10.3 Å². The summed E-state index contributed by atoms with van der Waals surface area (Å²) in [6.45, 7) is 1.17. The number of ether oxygens (including phenoxy) is 2. The lowest BCUT2D eigenvalue weighted by molar-refractivity contribution is 0.0663. The van der Waals surface area contributed by atoms with Gasteiger partial charge in [0.1, 0.15) is 18.2 Å². The fraction of sp³-hybridized carbons (Fsp3) is 0.294. The molecule has 1 aromatic heterocycles. The van der Waals surface area contributed by atoms with E-state index in [0.29, 0.717) is 12.5 Å². The topological polar surface area (TPSA) is 60.5 Å². The van der Waals surface area contributed by atoms with Gasteiger partial charge in [0.25, 0.3) is 5.91 Å². The summed E-state index contributed by atoms with van der Waals surface area (Å²) in [5, 5.41) is 2.42. The Kier molecular flexibility index (Phi) is 5.00. The molecule has 0 aliphatic carbocycles. The van der Waals surface area contributed by atoms with Crippen LogP contribution in [0.25, 0.3) is 0 Å². The van der Waals surface area contributed by atoms with Gasteiger partial charge in [0.05, 0.1) is 11.7 Å². The molecule has 1 saturated heterocycles. The number of carbonyl (C=O) groups excluding carboxylic acids is 1. The third-order valence-corrected chi connectivity index (χ3v) is 3.56. The first-order valence-corrected chi connectivity index (χ1v) is 7.58. The Labute approximate surface area is 137 Å². The van der Waals surface area contributed by atoms with Gasteiger partial charge >= 0.3 is 0 Å². The highest BCUT2D eigenvalue weighted by molar-refractivity contribution is 6.04. The third kappa shape index (κ3) is 4.26. The number of halogens is 2. The molecular weight excluding hydrogens is 318 g/mol. The minimum Gasteiger partial charge on any atom is -0.475 e. The first kappa shape index (κ1) is 16.3. The van der Waals surface area contributed by atoms with E-state index >= 15 is 0 Å². The van der Waals surface area contributed by atoms with Gasteiger partial charge in [0.15, 0.2) is 0 Å². The van der Waals surface area contributed by atoms with E-state index in [0.717, 1.165) is 37.6 Å². The Morgan fingerprint density at radius 2 is 2.08 bits per heavy atom. The van der Waals surface area contributed by atoms with Crippen LogP contribution in [0.15, 0.2) is 36.5 Å². The largest absolute Gasteiger partial charge is 0.475 e. The summed E-state index contributed by atoms with van der Waals surface area (Å²) in [4.78, 5) is 16.1. The number of rotatable bonds is 5. The van der Waals surface area contributed by atoms with E-state index in [1.54, 1.807) is 6.07 Å². The number of carbonyl (C=O) groups is 1. The fourth-order valence-corrected chi connectivity index (χ4v) is 2.38. The highest BCUT2D eigenvalue weighted by Crippen LogP contribution is 2.16. The normalized spacial score (nSPS) is 16.8. The van der Waals surface area contributed by atoms with E-state index < -0.39 is 17.5 Å². The van der Waals surface area contributed by atoms with Gasteiger partial charge in [0.2, 0.25) is 5.88 Å². The lowest BCUT2D eigenvalue weighted by Crippen LogP contribution is -2.17. The zero-order chi connectivity index (χ0) is 16.9. The van der Waals surface area contributed by atoms with Crippen LogP contribution >= 0.6 is 0 Å². The maximum absolute atomic E-state index is 13.1. The number of amides is 1. The van der Waals surface area contributed by atoms with Crippen LogP contribution < -0.4 is 10.1 Å². The molecule has 0 unspecified atom stereocenters. The molecule has 7 heteroatoms. The van der Waals surface area contributed by atoms with Crippen molar-refractivity contribution in [3.63, 3.8) is 0 Å². The first-order chi connectivity index (χ1) is 11.6. The van der Waals surface area contributed by atoms with Gasteiger partial charge in [-0.25, -0.2) is 13.8 Å². The van der Waals surface area contributed by atoms with Crippen molar-refractivity contribution in [2.75, 3.05) is 18.5 Å². The molecule has 2 heterocycles. The lowest BCUT2D eigenvalue weighted by Gasteiger charge is -2.11. The van der Waals surface area contributed by atoms with E-state index in [1.807, 2.05) is 0 Å². The molecular formula is C17H16F2N2O3. The minimum atomic E-state index is -0.763. The molecule has 1 fully saturated rings. The molecule has 0 spiro atoms. The second-order valence-corrected chi connectivity index (χ2v) is 5.44. The van der Waals surface area contributed by atoms with Crippen molar-refractivity contribution in [2.45, 2.75) is 18.9 Å². The summed E-state index contributed by atoms with van der Waals surface area (Å²) < 4.78 is 37.2. The molecule has 1 amide bonds. The molecule has 1 aliphatic heterocycles. The summed E-state index contributed by atoms with van der Waals surface area (Å²) in [5.41, 5.74) is 0.292. The summed E-state index contributed by atoms with van der Waals surface area (Å²) in [5.74, 6) is -1.65. The van der Waals surface area contributed by atoms with Crippen molar-refractivity contribution in [3.8, 4) is 5.88 Å². The monoisotopic (exact) mass is 334 g/mol. The maximum Gasteiger partial charge on any atom is 0.257 e. The summed E-state index contributed by atoms with van der Waals surface area (Å²) in [6, 6.07) is 5.90. The number of nitrogens with zero attached hydrogens (tertiary/aromatic N) is 1. The third-order valence-electron chi connectivity index (χ3n) is 3.56. The quantitative estimate of drug-likeness (QED) is 0.912. The van der Waals surface area contributed by atoms with Crippen LogP contribution in [0.5, 0.6) is 5.88 Å². The Morgan fingerprint density at radius 3 is 2.71 bits per heavy atom. The average Bonchev–Trinajstić information content (AvgIpc) is 3.06. The fourth-order valence-electron chi connectivity index (χ4n) is 2.38. The van der Waals surface area contributed by atoms with Crippen LogP contribution in [0.1, 0.15) is 23.2 Å². The van der Waals surface area contributed by atoms with Crippen LogP contribution in [0, 0.1) is 11.6 Å². The number of pyridine rings is 1. The van der Waals surface area contributed by atoms with Gasteiger partial charge in [-0.05, 0) is 31.0 Å². The highest BCUT2D eigenvalue weighted by atomic mass is 19.1. The number of nitrogens with one attached hydrogen (secondary N) is 1. The molecule has 5 nitrogen and oxygen atoms in total. The Morgan fingerprint density at radius 1 is 1.29 bits per heavy atom. The summed E-state index contributed by atoms with van der Waals surface area (Å²) in [6.07, 6.45) is 3.42. The van der Waals surface area contributed by atoms with Gasteiger partial charge in [0, 0.05) is 30.6 Å². The standard InChI is InChI=1S/C17H16F2N2O3/c18-12-6-13(19)8-14(7-12)21-17(22)11-3-4-16(20-9-11)24-10-15-2-1-5-23-15/h3-4,6-9,15H,1-2,5,10H2,(H,21,22)/t15-/m0/s1. The zero-order valence-electron chi connectivity index (χ0n) is 12.8. The predicted molar refractivity (Wildman–Crippen MR) is 83.0 cm³/mol. The smallest absolute Gasteiger partial charge is 0.257 e. The highest BCUT2D eigenvalue weighted by Gasteiger charge is 2.16. The first-order valence-electron chi connectivity index (χ1n) is 7.58. The van der Waals surface area contributed by atoms with Gasteiger partial charge in [-0.2, -0.15) is 0 Å². The average molecular weight is 334 g/mol. The van der Waals surface area contributed by atoms with Crippen LogP contribution in [-0.4, -0.2) is 30.2 Å². The molecule has 1 aromatic carbocycles. The number of hydrogen-bond acceptors (Lipinski definition) is 4. The van der Waals surface area contributed by atoms with Crippen LogP contribution in [0.2, 0.25) is 0 Å². The van der Waals surface area contributed by atoms with Crippen LogP contribution in [0.3, 0.4) is 0 Å². The molecule has 1 aliphatic rings. The minimum absolute atomic E-state index is 0.0382. The van der Waals surface area contributed by atoms with Crippen molar-refractivity contribution >= 4 is 11.6 Å². The van der Waals surface area contributed by atoms with Crippen LogP contribution in [-0.2, 0) is 4.74 Å². The van der Waals surface area contributed by atoms with E-state index in [9.17, 15) is 13.6 Å². The zero-order valence-corrected chi connectivity index (χ0v) is 12.8. The van der Waals surface area contributed by atoms with Gasteiger partial charge in [-0.1, -0.05) is 0 Å². The molecule has 3 rings (SSSR count). The summed E-state index contributed by atoms with van der Waals surface area (Å²) in [7, 11) is 0. The van der Waals surface area contributed by atoms with Crippen molar-refractivity contribution in [3.05, 3.63) is 53.7 Å². The molecule has 2 aromatic rings.